The quantitative estimate of drug-likeness (QED) is 0.445. The van der Waals surface area contributed by atoms with Crippen LogP contribution in [0.3, 0.4) is 0 Å². The number of ether oxygens (including phenoxy) is 5. The van der Waals surface area contributed by atoms with Gasteiger partial charge in [-0.3, -0.25) is 4.79 Å². The molecule has 2 spiro atoms. The van der Waals surface area contributed by atoms with E-state index in [4.69, 9.17) is 23.7 Å². The molecule has 2 saturated heterocycles. The van der Waals surface area contributed by atoms with E-state index in [2.05, 4.69) is 13.0 Å². The summed E-state index contributed by atoms with van der Waals surface area (Å²) in [6, 6.07) is 0. The third kappa shape index (κ3) is 3.23. The third-order valence-electron chi connectivity index (χ3n) is 10.5. The number of esters is 1. The summed E-state index contributed by atoms with van der Waals surface area (Å²) in [5.74, 6) is 0.976. The highest BCUT2D eigenvalue weighted by molar-refractivity contribution is 5.69. The first-order chi connectivity index (χ1) is 16.0. The fraction of sp³-hybridized carbons (Fsp3) is 0.889. The van der Waals surface area contributed by atoms with Gasteiger partial charge in [0.25, 0.3) is 0 Å². The lowest BCUT2D eigenvalue weighted by molar-refractivity contribution is -0.244. The smallest absolute Gasteiger partial charge is 0.305 e. The summed E-state index contributed by atoms with van der Waals surface area (Å²) >= 11 is 0. The van der Waals surface area contributed by atoms with Crippen LogP contribution in [-0.4, -0.2) is 50.6 Å². The molecule has 0 aromatic rings. The summed E-state index contributed by atoms with van der Waals surface area (Å²) in [5, 5.41) is 0. The van der Waals surface area contributed by atoms with Crippen LogP contribution in [0, 0.1) is 28.6 Å². The molecule has 3 saturated carbocycles. The Hall–Kier alpha value is -0.950. The lowest BCUT2D eigenvalue weighted by Gasteiger charge is -2.60. The molecular weight excluding hydrogens is 420 g/mol. The summed E-state index contributed by atoms with van der Waals surface area (Å²) in [6.07, 6.45) is 12.4. The van der Waals surface area contributed by atoms with E-state index in [0.29, 0.717) is 44.0 Å². The normalized spacial score (nSPS) is 42.6. The number of carbonyl (C=O) groups is 1. The van der Waals surface area contributed by atoms with Crippen molar-refractivity contribution in [3.8, 4) is 0 Å². The van der Waals surface area contributed by atoms with Gasteiger partial charge >= 0.3 is 5.97 Å². The highest BCUT2D eigenvalue weighted by atomic mass is 16.7. The lowest BCUT2D eigenvalue weighted by atomic mass is 9.46. The van der Waals surface area contributed by atoms with Crippen LogP contribution in [0.15, 0.2) is 11.6 Å². The van der Waals surface area contributed by atoms with Crippen molar-refractivity contribution < 1.29 is 28.5 Å². The molecule has 6 heteroatoms. The molecule has 5 fully saturated rings. The van der Waals surface area contributed by atoms with E-state index in [-0.39, 0.29) is 22.6 Å². The Balaban J connectivity index is 1.32. The zero-order chi connectivity index (χ0) is 22.7. The van der Waals surface area contributed by atoms with E-state index >= 15 is 0 Å². The van der Waals surface area contributed by atoms with E-state index in [0.717, 1.165) is 58.2 Å². The number of fused-ring (bicyclic) bond motifs is 6. The van der Waals surface area contributed by atoms with Gasteiger partial charge in [-0.05, 0) is 68.6 Å². The van der Waals surface area contributed by atoms with Gasteiger partial charge in [0.2, 0.25) is 0 Å². The van der Waals surface area contributed by atoms with Crippen LogP contribution in [-0.2, 0) is 28.5 Å². The van der Waals surface area contributed by atoms with Crippen molar-refractivity contribution in [2.45, 2.75) is 89.6 Å². The maximum absolute atomic E-state index is 12.4. The predicted octanol–water partition coefficient (Wildman–Crippen LogP) is 4.76. The van der Waals surface area contributed by atoms with Crippen LogP contribution in [0.1, 0.15) is 78.1 Å². The molecule has 0 amide bonds. The highest BCUT2D eigenvalue weighted by Gasteiger charge is 2.67. The van der Waals surface area contributed by atoms with Crippen LogP contribution in [0.2, 0.25) is 0 Å². The Kier molecular flexibility index (Phi) is 5.48. The second kappa shape index (κ2) is 8.04. The van der Waals surface area contributed by atoms with E-state index in [1.807, 2.05) is 6.92 Å². The number of allylic oxidation sites excluding steroid dienone is 1. The molecule has 0 radical (unpaired) electrons. The summed E-state index contributed by atoms with van der Waals surface area (Å²) in [7, 11) is 0. The van der Waals surface area contributed by atoms with Crippen molar-refractivity contribution in [3.63, 3.8) is 0 Å². The lowest BCUT2D eigenvalue weighted by Crippen LogP contribution is -2.56. The monoisotopic (exact) mass is 460 g/mol. The molecule has 0 N–H and O–H groups in total. The van der Waals surface area contributed by atoms with Crippen molar-refractivity contribution in [1.82, 2.24) is 0 Å². The molecule has 6 rings (SSSR count). The molecule has 6 nitrogen and oxygen atoms in total. The minimum absolute atomic E-state index is 0.0600. The molecule has 2 aliphatic heterocycles. The van der Waals surface area contributed by atoms with Crippen molar-refractivity contribution in [2.75, 3.05) is 33.0 Å². The largest absolute Gasteiger partial charge is 0.466 e. The molecule has 0 aromatic heterocycles. The van der Waals surface area contributed by atoms with Gasteiger partial charge < -0.3 is 23.7 Å². The first-order valence-electron chi connectivity index (χ1n) is 13.4. The predicted molar refractivity (Wildman–Crippen MR) is 121 cm³/mol. The maximum Gasteiger partial charge on any atom is 0.305 e. The second-order valence-corrected chi connectivity index (χ2v) is 11.5. The number of hydrogen-bond acceptors (Lipinski definition) is 6. The number of carbonyl (C=O) groups excluding carboxylic acids is 1. The average Bonchev–Trinajstić information content (AvgIpc) is 3.54. The molecular formula is C27H40O6. The Morgan fingerprint density at radius 1 is 1.00 bits per heavy atom. The standard InChI is InChI=1S/C27H40O6/c1-3-29-23(28)8-10-25-12-13-26(30-14-15-31-26)18-19(25)4-5-20-21-7-11-27(32-16-17-33-27)24(21,2)9-6-22(20)25/h4,20-22H,3,5-18H2,1-2H3/t20-,21-,22-,24-,25-/m0/s1. The second-order valence-electron chi connectivity index (χ2n) is 11.5. The molecule has 5 atom stereocenters. The number of rotatable bonds is 4. The van der Waals surface area contributed by atoms with Gasteiger partial charge in [-0.1, -0.05) is 18.6 Å². The van der Waals surface area contributed by atoms with Crippen molar-refractivity contribution >= 4 is 5.97 Å². The molecule has 2 heterocycles. The molecule has 6 aliphatic rings. The van der Waals surface area contributed by atoms with Crippen molar-refractivity contribution in [3.05, 3.63) is 11.6 Å². The minimum atomic E-state index is -0.432. The molecule has 0 bridgehead atoms. The van der Waals surface area contributed by atoms with E-state index in [1.165, 1.54) is 18.4 Å². The van der Waals surface area contributed by atoms with Crippen molar-refractivity contribution in [1.29, 1.82) is 0 Å². The molecule has 0 aromatic carbocycles. The average molecular weight is 461 g/mol. The Morgan fingerprint density at radius 2 is 1.73 bits per heavy atom. The molecule has 4 aliphatic carbocycles. The van der Waals surface area contributed by atoms with Crippen LogP contribution in [0.5, 0.6) is 0 Å². The Bertz CT molecular complexity index is 809. The van der Waals surface area contributed by atoms with Gasteiger partial charge in [0.1, 0.15) is 0 Å². The number of hydrogen-bond donors (Lipinski definition) is 0. The first kappa shape index (κ1) is 22.5. The molecule has 184 valence electrons. The SMILES string of the molecule is CCOC(=O)CC[C@]12CCC3(CC1=CC[C@@H]1[C@@H]2CC[C@@]2(C)[C@H]1CCC21OCCO1)OCCO3. The fourth-order valence-electron chi connectivity index (χ4n) is 9.07. The van der Waals surface area contributed by atoms with E-state index in [1.54, 1.807) is 0 Å². The summed E-state index contributed by atoms with van der Waals surface area (Å²) in [5.41, 5.74) is 1.64. The molecule has 33 heavy (non-hydrogen) atoms. The van der Waals surface area contributed by atoms with Crippen LogP contribution in [0.4, 0.5) is 0 Å². The van der Waals surface area contributed by atoms with Gasteiger partial charge in [-0.15, -0.1) is 0 Å². The fourth-order valence-corrected chi connectivity index (χ4v) is 9.07. The van der Waals surface area contributed by atoms with Crippen LogP contribution >= 0.6 is 0 Å². The van der Waals surface area contributed by atoms with Gasteiger partial charge in [0.05, 0.1) is 33.0 Å². The Morgan fingerprint density at radius 3 is 2.48 bits per heavy atom. The van der Waals surface area contributed by atoms with Gasteiger partial charge in [-0.25, -0.2) is 0 Å². The van der Waals surface area contributed by atoms with Crippen LogP contribution in [0.25, 0.3) is 0 Å². The Labute approximate surface area is 197 Å². The van der Waals surface area contributed by atoms with E-state index < -0.39 is 5.79 Å². The van der Waals surface area contributed by atoms with Gasteiger partial charge in [-0.2, -0.15) is 0 Å². The zero-order valence-electron chi connectivity index (χ0n) is 20.4. The summed E-state index contributed by atoms with van der Waals surface area (Å²) < 4.78 is 30.3. The topological polar surface area (TPSA) is 63.2 Å². The first-order valence-corrected chi connectivity index (χ1v) is 13.4. The highest BCUT2D eigenvalue weighted by Crippen LogP contribution is 2.70. The zero-order valence-corrected chi connectivity index (χ0v) is 20.4. The summed E-state index contributed by atoms with van der Waals surface area (Å²) in [4.78, 5) is 12.4. The van der Waals surface area contributed by atoms with E-state index in [9.17, 15) is 4.79 Å². The third-order valence-corrected chi connectivity index (χ3v) is 10.5. The van der Waals surface area contributed by atoms with Gasteiger partial charge in [0.15, 0.2) is 11.6 Å². The van der Waals surface area contributed by atoms with Crippen LogP contribution < -0.4 is 0 Å². The van der Waals surface area contributed by atoms with Gasteiger partial charge in [0, 0.05) is 31.1 Å². The minimum Gasteiger partial charge on any atom is -0.466 e. The maximum atomic E-state index is 12.4. The molecule has 0 unspecified atom stereocenters. The van der Waals surface area contributed by atoms with Crippen molar-refractivity contribution in [2.24, 2.45) is 28.6 Å². The summed E-state index contributed by atoms with van der Waals surface area (Å²) in [6.45, 7) is 7.62.